The molecule has 0 bridgehead atoms. The molecule has 0 heterocycles. The highest BCUT2D eigenvalue weighted by Gasteiger charge is 2.14. The molecular formula is C17H30O3. The molecule has 1 atom stereocenters. The maximum Gasteiger partial charge on any atom is 0.187 e. The summed E-state index contributed by atoms with van der Waals surface area (Å²) >= 11 is 0. The lowest BCUT2D eigenvalue weighted by Gasteiger charge is -2.17. The number of rotatable bonds is 10. The molecule has 0 saturated carbocycles. The second kappa shape index (κ2) is 10.7. The van der Waals surface area contributed by atoms with Crippen LogP contribution in [0.2, 0.25) is 0 Å². The van der Waals surface area contributed by atoms with Crippen LogP contribution < -0.4 is 0 Å². The minimum absolute atomic E-state index is 0.204. The Kier molecular flexibility index (Phi) is 10.1. The van der Waals surface area contributed by atoms with E-state index in [0.29, 0.717) is 6.42 Å². The summed E-state index contributed by atoms with van der Waals surface area (Å²) in [5.74, 6) is 0. The van der Waals surface area contributed by atoms with Crippen LogP contribution in [0.25, 0.3) is 0 Å². The van der Waals surface area contributed by atoms with Crippen molar-refractivity contribution in [1.82, 2.24) is 0 Å². The molecular weight excluding hydrogens is 252 g/mol. The van der Waals surface area contributed by atoms with E-state index in [0.717, 1.165) is 19.3 Å². The van der Waals surface area contributed by atoms with Crippen molar-refractivity contribution >= 4 is 0 Å². The fourth-order valence-corrected chi connectivity index (χ4v) is 1.69. The third-order valence-corrected chi connectivity index (χ3v) is 2.94. The number of hydrogen-bond acceptors (Lipinski definition) is 3. The summed E-state index contributed by atoms with van der Waals surface area (Å²) in [5.41, 5.74) is 1.89. The lowest BCUT2D eigenvalue weighted by Crippen LogP contribution is -2.20. The van der Waals surface area contributed by atoms with Gasteiger partial charge in [0.2, 0.25) is 0 Å². The van der Waals surface area contributed by atoms with Crippen molar-refractivity contribution in [3.05, 3.63) is 35.6 Å². The number of aliphatic hydroxyl groups is 1. The van der Waals surface area contributed by atoms with Crippen LogP contribution in [0.3, 0.4) is 0 Å². The molecule has 0 aliphatic carbocycles. The van der Waals surface area contributed by atoms with Crippen molar-refractivity contribution in [2.45, 2.75) is 59.0 Å². The Bertz CT molecular complexity index is 334. The second-order valence-corrected chi connectivity index (χ2v) is 5.64. The molecule has 0 aliphatic heterocycles. The highest BCUT2D eigenvalue weighted by atomic mass is 16.7. The van der Waals surface area contributed by atoms with Crippen LogP contribution >= 0.6 is 0 Å². The van der Waals surface area contributed by atoms with Crippen LogP contribution in [0.5, 0.6) is 0 Å². The zero-order valence-electron chi connectivity index (χ0n) is 13.6. The predicted octanol–water partition coefficient (Wildman–Crippen LogP) is 4.34. The van der Waals surface area contributed by atoms with Crippen molar-refractivity contribution in [3.8, 4) is 0 Å². The molecule has 3 heteroatoms. The average Bonchev–Trinajstić information content (AvgIpc) is 2.34. The largest absolute Gasteiger partial charge is 0.475 e. The van der Waals surface area contributed by atoms with Gasteiger partial charge in [0.25, 0.3) is 0 Å². The standard InChI is InChI=1S/C17H30O3/c1-15(2)8-6-9-16(3)10-7-11-17(4,18)12-13-20-14-19-5/h8,10,12-13,18H,6-7,9,11,14H2,1-5H3/b13-12+,16-10+. The Hall–Kier alpha value is -1.06. The summed E-state index contributed by atoms with van der Waals surface area (Å²) in [6.07, 6.45) is 11.3. The van der Waals surface area contributed by atoms with Crippen LogP contribution in [-0.4, -0.2) is 24.6 Å². The third kappa shape index (κ3) is 12.0. The van der Waals surface area contributed by atoms with E-state index in [9.17, 15) is 5.11 Å². The van der Waals surface area contributed by atoms with E-state index in [1.165, 1.54) is 17.4 Å². The molecule has 0 aliphatic rings. The quantitative estimate of drug-likeness (QED) is 0.280. The van der Waals surface area contributed by atoms with Gasteiger partial charge in [-0.05, 0) is 59.5 Å². The third-order valence-electron chi connectivity index (χ3n) is 2.94. The van der Waals surface area contributed by atoms with E-state index in [4.69, 9.17) is 9.47 Å². The Labute approximate surface area is 124 Å². The van der Waals surface area contributed by atoms with Gasteiger partial charge in [0, 0.05) is 7.11 Å². The maximum atomic E-state index is 10.1. The first-order valence-electron chi connectivity index (χ1n) is 7.17. The topological polar surface area (TPSA) is 38.7 Å². The van der Waals surface area contributed by atoms with Crippen molar-refractivity contribution < 1.29 is 14.6 Å². The maximum absolute atomic E-state index is 10.1. The molecule has 0 aromatic heterocycles. The minimum Gasteiger partial charge on any atom is -0.475 e. The van der Waals surface area contributed by atoms with Gasteiger partial charge >= 0.3 is 0 Å². The van der Waals surface area contributed by atoms with Gasteiger partial charge in [-0.2, -0.15) is 0 Å². The Morgan fingerprint density at radius 1 is 1.15 bits per heavy atom. The summed E-state index contributed by atoms with van der Waals surface area (Å²) in [5, 5.41) is 10.1. The summed E-state index contributed by atoms with van der Waals surface area (Å²) in [7, 11) is 1.56. The van der Waals surface area contributed by atoms with Crippen molar-refractivity contribution in [2.75, 3.05) is 13.9 Å². The van der Waals surface area contributed by atoms with Crippen LogP contribution in [0.1, 0.15) is 53.4 Å². The normalized spacial score (nSPS) is 15.2. The van der Waals surface area contributed by atoms with Crippen LogP contribution in [0, 0.1) is 0 Å². The molecule has 0 saturated heterocycles. The minimum atomic E-state index is -0.843. The van der Waals surface area contributed by atoms with Gasteiger partial charge in [-0.25, -0.2) is 0 Å². The molecule has 0 amide bonds. The van der Waals surface area contributed by atoms with E-state index >= 15 is 0 Å². The van der Waals surface area contributed by atoms with Crippen molar-refractivity contribution in [1.29, 1.82) is 0 Å². The fourth-order valence-electron chi connectivity index (χ4n) is 1.69. The first-order chi connectivity index (χ1) is 9.37. The SMILES string of the molecule is COCO/C=C/C(C)(O)CC/C=C(\C)CCC=C(C)C. The van der Waals surface area contributed by atoms with E-state index in [2.05, 4.69) is 32.9 Å². The van der Waals surface area contributed by atoms with Gasteiger partial charge in [0.05, 0.1) is 11.9 Å². The molecule has 0 spiro atoms. The van der Waals surface area contributed by atoms with Gasteiger partial charge in [0.1, 0.15) is 0 Å². The number of hydrogen-bond donors (Lipinski definition) is 1. The zero-order chi connectivity index (χ0) is 15.4. The molecule has 0 fully saturated rings. The van der Waals surface area contributed by atoms with Crippen molar-refractivity contribution in [2.24, 2.45) is 0 Å². The molecule has 1 unspecified atom stereocenters. The number of methoxy groups -OCH3 is 1. The summed E-state index contributed by atoms with van der Waals surface area (Å²) in [6, 6.07) is 0. The van der Waals surface area contributed by atoms with E-state index in [-0.39, 0.29) is 6.79 Å². The van der Waals surface area contributed by atoms with Crippen LogP contribution in [0.15, 0.2) is 35.6 Å². The summed E-state index contributed by atoms with van der Waals surface area (Å²) < 4.78 is 9.79. The highest BCUT2D eigenvalue weighted by molar-refractivity contribution is 5.04. The molecule has 0 rings (SSSR count). The van der Waals surface area contributed by atoms with Crippen LogP contribution in [0.4, 0.5) is 0 Å². The van der Waals surface area contributed by atoms with E-state index in [1.807, 2.05) is 0 Å². The molecule has 116 valence electrons. The Morgan fingerprint density at radius 2 is 1.85 bits per heavy atom. The van der Waals surface area contributed by atoms with Gasteiger partial charge in [-0.3, -0.25) is 0 Å². The molecule has 0 aromatic carbocycles. The number of allylic oxidation sites excluding steroid dienone is 4. The second-order valence-electron chi connectivity index (χ2n) is 5.64. The van der Waals surface area contributed by atoms with Gasteiger partial charge in [-0.1, -0.05) is 23.3 Å². The molecule has 20 heavy (non-hydrogen) atoms. The molecule has 1 N–H and O–H groups in total. The monoisotopic (exact) mass is 282 g/mol. The van der Waals surface area contributed by atoms with Gasteiger partial charge < -0.3 is 14.6 Å². The first-order valence-corrected chi connectivity index (χ1v) is 7.17. The first kappa shape index (κ1) is 18.9. The van der Waals surface area contributed by atoms with E-state index in [1.54, 1.807) is 20.1 Å². The fraction of sp³-hybridized carbons (Fsp3) is 0.647. The average molecular weight is 282 g/mol. The lowest BCUT2D eigenvalue weighted by atomic mass is 9.99. The number of ether oxygens (including phenoxy) is 2. The molecule has 0 radical (unpaired) electrons. The Morgan fingerprint density at radius 3 is 2.45 bits per heavy atom. The van der Waals surface area contributed by atoms with Gasteiger partial charge in [0.15, 0.2) is 6.79 Å². The Balaban J connectivity index is 4.00. The summed E-state index contributed by atoms with van der Waals surface area (Å²) in [4.78, 5) is 0. The van der Waals surface area contributed by atoms with E-state index < -0.39 is 5.60 Å². The zero-order valence-corrected chi connectivity index (χ0v) is 13.6. The van der Waals surface area contributed by atoms with Crippen molar-refractivity contribution in [3.63, 3.8) is 0 Å². The summed E-state index contributed by atoms with van der Waals surface area (Å²) in [6.45, 7) is 8.37. The smallest absolute Gasteiger partial charge is 0.187 e. The van der Waals surface area contributed by atoms with Gasteiger partial charge in [-0.15, -0.1) is 0 Å². The highest BCUT2D eigenvalue weighted by Crippen LogP contribution is 2.16. The van der Waals surface area contributed by atoms with Crippen LogP contribution in [-0.2, 0) is 9.47 Å². The molecule has 3 nitrogen and oxygen atoms in total. The lowest BCUT2D eigenvalue weighted by molar-refractivity contribution is 0.0162. The predicted molar refractivity (Wildman–Crippen MR) is 84.4 cm³/mol. The molecule has 0 aromatic rings.